The van der Waals surface area contributed by atoms with Crippen LogP contribution in [-0.4, -0.2) is 29.7 Å². The number of hydrogen-bond acceptors (Lipinski definition) is 3. The Labute approximate surface area is 87.1 Å². The third-order valence-electron chi connectivity index (χ3n) is 1.81. The minimum absolute atomic E-state index is 0.0528. The first-order valence-corrected chi connectivity index (χ1v) is 4.43. The lowest BCUT2D eigenvalue weighted by Gasteiger charge is -2.16. The number of pyridine rings is 1. The quantitative estimate of drug-likeness (QED) is 0.776. The van der Waals surface area contributed by atoms with Crippen LogP contribution in [0.15, 0.2) is 12.3 Å². The van der Waals surface area contributed by atoms with Crippen molar-refractivity contribution in [3.8, 4) is 0 Å². The van der Waals surface area contributed by atoms with Crippen LogP contribution in [0, 0.1) is 6.92 Å². The van der Waals surface area contributed by atoms with Crippen molar-refractivity contribution in [3.63, 3.8) is 0 Å². The van der Waals surface area contributed by atoms with Crippen molar-refractivity contribution in [1.29, 1.82) is 0 Å². The number of aryl methyl sites for hydroxylation is 1. The highest BCUT2D eigenvalue weighted by molar-refractivity contribution is 6.30. The SMILES string of the molecule is Cc1cc(N(C)CC(=O)O)cnc1Cl. The van der Waals surface area contributed by atoms with Crippen molar-refractivity contribution < 1.29 is 9.90 Å². The van der Waals surface area contributed by atoms with Gasteiger partial charge in [0.1, 0.15) is 11.7 Å². The molecule has 76 valence electrons. The second-order valence-electron chi connectivity index (χ2n) is 3.05. The molecule has 0 unspecified atom stereocenters. The van der Waals surface area contributed by atoms with Crippen LogP contribution in [-0.2, 0) is 4.79 Å². The fourth-order valence-electron chi connectivity index (χ4n) is 1.05. The molecule has 1 heterocycles. The molecular formula is C9H11ClN2O2. The van der Waals surface area contributed by atoms with Gasteiger partial charge in [0.05, 0.1) is 11.9 Å². The Morgan fingerprint density at radius 3 is 2.86 bits per heavy atom. The molecule has 0 aliphatic rings. The summed E-state index contributed by atoms with van der Waals surface area (Å²) in [5, 5.41) is 9.02. The zero-order valence-corrected chi connectivity index (χ0v) is 8.75. The number of aromatic nitrogens is 1. The van der Waals surface area contributed by atoms with Crippen molar-refractivity contribution in [2.24, 2.45) is 0 Å². The van der Waals surface area contributed by atoms with Gasteiger partial charge in [0.2, 0.25) is 0 Å². The van der Waals surface area contributed by atoms with Crippen LogP contribution < -0.4 is 4.90 Å². The number of nitrogens with zero attached hydrogens (tertiary/aromatic N) is 2. The molecule has 0 fully saturated rings. The second kappa shape index (κ2) is 4.28. The van der Waals surface area contributed by atoms with Gasteiger partial charge in [0.15, 0.2) is 0 Å². The lowest BCUT2D eigenvalue weighted by molar-refractivity contribution is -0.135. The molecule has 0 aliphatic carbocycles. The van der Waals surface area contributed by atoms with Crippen molar-refractivity contribution in [2.45, 2.75) is 6.92 Å². The van der Waals surface area contributed by atoms with Crippen LogP contribution in [0.2, 0.25) is 5.15 Å². The average Bonchev–Trinajstić information content (AvgIpc) is 2.08. The maximum atomic E-state index is 10.4. The smallest absolute Gasteiger partial charge is 0.323 e. The second-order valence-corrected chi connectivity index (χ2v) is 3.41. The Morgan fingerprint density at radius 1 is 1.71 bits per heavy atom. The summed E-state index contributed by atoms with van der Waals surface area (Å²) in [6, 6.07) is 1.80. The zero-order chi connectivity index (χ0) is 10.7. The van der Waals surface area contributed by atoms with Gasteiger partial charge in [-0.15, -0.1) is 0 Å². The topological polar surface area (TPSA) is 53.4 Å². The van der Waals surface area contributed by atoms with Gasteiger partial charge in [-0.1, -0.05) is 11.6 Å². The molecule has 0 saturated carbocycles. The fourth-order valence-corrected chi connectivity index (χ4v) is 1.15. The van der Waals surface area contributed by atoms with Gasteiger partial charge >= 0.3 is 5.97 Å². The molecule has 1 aromatic rings. The van der Waals surface area contributed by atoms with Crippen LogP contribution in [0.4, 0.5) is 5.69 Å². The summed E-state index contributed by atoms with van der Waals surface area (Å²) < 4.78 is 0. The molecule has 0 radical (unpaired) electrons. The maximum absolute atomic E-state index is 10.4. The lowest BCUT2D eigenvalue weighted by atomic mass is 10.3. The molecule has 0 bridgehead atoms. The Hall–Kier alpha value is -1.29. The largest absolute Gasteiger partial charge is 0.480 e. The van der Waals surface area contributed by atoms with E-state index in [1.165, 1.54) is 0 Å². The fraction of sp³-hybridized carbons (Fsp3) is 0.333. The molecule has 0 saturated heterocycles. The van der Waals surface area contributed by atoms with Crippen LogP contribution in [0.5, 0.6) is 0 Å². The first-order valence-electron chi connectivity index (χ1n) is 4.06. The summed E-state index contributed by atoms with van der Waals surface area (Å²) in [6.07, 6.45) is 1.55. The third kappa shape index (κ3) is 2.60. The predicted molar refractivity (Wildman–Crippen MR) is 54.9 cm³/mol. The predicted octanol–water partition coefficient (Wildman–Crippen LogP) is 1.56. The zero-order valence-electron chi connectivity index (χ0n) is 7.99. The summed E-state index contributed by atoms with van der Waals surface area (Å²) in [4.78, 5) is 16.0. The first kappa shape index (κ1) is 10.8. The molecule has 14 heavy (non-hydrogen) atoms. The number of carboxylic acid groups (broad SMARTS) is 1. The highest BCUT2D eigenvalue weighted by Gasteiger charge is 2.07. The van der Waals surface area contributed by atoms with Gasteiger partial charge in [0, 0.05) is 7.05 Å². The summed E-state index contributed by atoms with van der Waals surface area (Å²) in [5.74, 6) is -0.875. The minimum atomic E-state index is -0.875. The van der Waals surface area contributed by atoms with Crippen LogP contribution in [0.3, 0.4) is 0 Å². The number of rotatable bonds is 3. The maximum Gasteiger partial charge on any atom is 0.323 e. The van der Waals surface area contributed by atoms with E-state index >= 15 is 0 Å². The molecular weight excluding hydrogens is 204 g/mol. The number of aliphatic carboxylic acids is 1. The van der Waals surface area contributed by atoms with E-state index in [9.17, 15) is 4.79 Å². The van der Waals surface area contributed by atoms with E-state index in [0.717, 1.165) is 11.3 Å². The molecule has 1 aromatic heterocycles. The van der Waals surface area contributed by atoms with Gasteiger partial charge in [-0.25, -0.2) is 4.98 Å². The summed E-state index contributed by atoms with van der Waals surface area (Å²) in [7, 11) is 1.69. The number of anilines is 1. The molecule has 0 aliphatic heterocycles. The summed E-state index contributed by atoms with van der Waals surface area (Å²) >= 11 is 5.75. The van der Waals surface area contributed by atoms with Gasteiger partial charge in [-0.05, 0) is 18.6 Å². The van der Waals surface area contributed by atoms with Crippen molar-refractivity contribution >= 4 is 23.3 Å². The van der Waals surface area contributed by atoms with Crippen LogP contribution in [0.25, 0.3) is 0 Å². The molecule has 0 amide bonds. The van der Waals surface area contributed by atoms with Crippen LogP contribution >= 0.6 is 11.6 Å². The lowest BCUT2D eigenvalue weighted by Crippen LogP contribution is -2.25. The van der Waals surface area contributed by atoms with Crippen molar-refractivity contribution in [3.05, 3.63) is 23.0 Å². The van der Waals surface area contributed by atoms with E-state index in [4.69, 9.17) is 16.7 Å². The molecule has 5 heteroatoms. The molecule has 4 nitrogen and oxygen atoms in total. The standard InChI is InChI=1S/C9H11ClN2O2/c1-6-3-7(4-11-9(6)10)12(2)5-8(13)14/h3-4H,5H2,1-2H3,(H,13,14). The molecule has 1 rings (SSSR count). The Balaban J connectivity index is 2.85. The third-order valence-corrected chi connectivity index (χ3v) is 2.21. The van der Waals surface area contributed by atoms with Gasteiger partial charge in [0.25, 0.3) is 0 Å². The van der Waals surface area contributed by atoms with E-state index in [-0.39, 0.29) is 6.54 Å². The summed E-state index contributed by atoms with van der Waals surface area (Å²) in [5.41, 5.74) is 1.58. The Bertz CT molecular complexity index is 355. The number of carbonyl (C=O) groups is 1. The van der Waals surface area contributed by atoms with E-state index in [0.29, 0.717) is 5.15 Å². The van der Waals surface area contributed by atoms with Gasteiger partial charge in [-0.2, -0.15) is 0 Å². The van der Waals surface area contributed by atoms with E-state index in [1.807, 2.05) is 6.92 Å². The molecule has 0 atom stereocenters. The summed E-state index contributed by atoms with van der Waals surface area (Å²) in [6.45, 7) is 1.77. The van der Waals surface area contributed by atoms with E-state index in [2.05, 4.69) is 4.98 Å². The van der Waals surface area contributed by atoms with Gasteiger partial charge < -0.3 is 10.0 Å². The number of carboxylic acids is 1. The average molecular weight is 215 g/mol. The molecule has 0 spiro atoms. The van der Waals surface area contributed by atoms with Crippen molar-refractivity contribution in [2.75, 3.05) is 18.5 Å². The monoisotopic (exact) mass is 214 g/mol. The number of halogens is 1. The highest BCUT2D eigenvalue weighted by Crippen LogP contribution is 2.18. The van der Waals surface area contributed by atoms with E-state index < -0.39 is 5.97 Å². The Kier molecular flexibility index (Phi) is 3.30. The minimum Gasteiger partial charge on any atom is -0.480 e. The first-order chi connectivity index (χ1) is 6.50. The Morgan fingerprint density at radius 2 is 2.36 bits per heavy atom. The van der Waals surface area contributed by atoms with Crippen LogP contribution in [0.1, 0.15) is 5.56 Å². The van der Waals surface area contributed by atoms with E-state index in [1.54, 1.807) is 24.2 Å². The number of likely N-dealkylation sites (N-methyl/N-ethyl adjacent to an activating group) is 1. The highest BCUT2D eigenvalue weighted by atomic mass is 35.5. The normalized spacial score (nSPS) is 9.93. The molecule has 0 aromatic carbocycles. The molecule has 1 N–H and O–H groups in total. The van der Waals surface area contributed by atoms with Gasteiger partial charge in [-0.3, -0.25) is 4.79 Å². The van der Waals surface area contributed by atoms with Crippen molar-refractivity contribution in [1.82, 2.24) is 4.98 Å². The number of hydrogen-bond donors (Lipinski definition) is 1.